The molecule has 1 aromatic heterocycles. The molecule has 1 aromatic carbocycles. The molecule has 1 saturated carbocycles. The van der Waals surface area contributed by atoms with Gasteiger partial charge in [0.05, 0.1) is 18.2 Å². The number of hydrogen-bond donors (Lipinski definition) is 0. The maximum atomic E-state index is 13.2. The Morgan fingerprint density at radius 1 is 1.07 bits per heavy atom. The zero-order chi connectivity index (χ0) is 20.3. The summed E-state index contributed by atoms with van der Waals surface area (Å²) in [6.07, 6.45) is 7.87. The lowest BCUT2D eigenvalue weighted by molar-refractivity contribution is -0.134. The minimum absolute atomic E-state index is 0.145. The van der Waals surface area contributed by atoms with Crippen LogP contribution in [-0.2, 0) is 16.1 Å². The number of anilines is 1. The van der Waals surface area contributed by atoms with Gasteiger partial charge in [-0.3, -0.25) is 4.79 Å². The number of hydrogen-bond acceptors (Lipinski definition) is 5. The van der Waals surface area contributed by atoms with E-state index in [4.69, 9.17) is 9.26 Å². The van der Waals surface area contributed by atoms with Crippen molar-refractivity contribution in [1.82, 2.24) is 10.1 Å². The maximum absolute atomic E-state index is 13.2. The van der Waals surface area contributed by atoms with Crippen LogP contribution in [0.2, 0.25) is 0 Å². The van der Waals surface area contributed by atoms with Crippen LogP contribution >= 0.6 is 0 Å². The van der Waals surface area contributed by atoms with Crippen molar-refractivity contribution in [2.24, 2.45) is 5.92 Å². The van der Waals surface area contributed by atoms with E-state index in [2.05, 4.69) is 22.2 Å². The van der Waals surface area contributed by atoms with E-state index in [1.165, 1.54) is 19.3 Å². The Morgan fingerprint density at radius 3 is 2.57 bits per heavy atom. The predicted octanol–water partition coefficient (Wildman–Crippen LogP) is 4.25. The SMILES string of the molecule is O=C(C1CC1)N(Cc1c(-c2ccccc2)noc1N1CCCCC1)C[C@H]1CCCO1. The molecule has 1 amide bonds. The van der Waals surface area contributed by atoms with Crippen LogP contribution in [0.3, 0.4) is 0 Å². The van der Waals surface area contributed by atoms with Gasteiger partial charge in [0.1, 0.15) is 5.69 Å². The lowest BCUT2D eigenvalue weighted by Crippen LogP contribution is -2.38. The highest BCUT2D eigenvalue weighted by atomic mass is 16.5. The second-order valence-corrected chi connectivity index (χ2v) is 8.86. The summed E-state index contributed by atoms with van der Waals surface area (Å²) in [7, 11) is 0. The number of amides is 1. The monoisotopic (exact) mass is 409 g/mol. The Kier molecular flexibility index (Phi) is 5.75. The number of nitrogens with zero attached hydrogens (tertiary/aromatic N) is 3. The van der Waals surface area contributed by atoms with Gasteiger partial charge < -0.3 is 19.1 Å². The first kappa shape index (κ1) is 19.6. The Morgan fingerprint density at radius 2 is 1.87 bits per heavy atom. The van der Waals surface area contributed by atoms with Crippen molar-refractivity contribution in [2.75, 3.05) is 31.1 Å². The van der Waals surface area contributed by atoms with Crippen molar-refractivity contribution in [3.8, 4) is 11.3 Å². The van der Waals surface area contributed by atoms with Gasteiger partial charge in [-0.25, -0.2) is 0 Å². The third-order valence-electron chi connectivity index (χ3n) is 6.49. The summed E-state index contributed by atoms with van der Waals surface area (Å²) in [5.74, 6) is 1.29. The number of aromatic nitrogens is 1. The summed E-state index contributed by atoms with van der Waals surface area (Å²) >= 11 is 0. The van der Waals surface area contributed by atoms with E-state index in [1.54, 1.807) is 0 Å². The van der Waals surface area contributed by atoms with Gasteiger partial charge >= 0.3 is 0 Å². The normalized spacial score (nSPS) is 21.7. The fourth-order valence-electron chi connectivity index (χ4n) is 4.66. The van der Waals surface area contributed by atoms with Crippen LogP contribution in [0.1, 0.15) is 50.5 Å². The molecule has 2 aliphatic heterocycles. The molecule has 3 fully saturated rings. The van der Waals surface area contributed by atoms with Gasteiger partial charge in [0.2, 0.25) is 11.8 Å². The van der Waals surface area contributed by atoms with Gasteiger partial charge in [-0.2, -0.15) is 0 Å². The molecule has 30 heavy (non-hydrogen) atoms. The molecular formula is C24H31N3O3. The van der Waals surface area contributed by atoms with E-state index in [-0.39, 0.29) is 17.9 Å². The molecule has 0 spiro atoms. The van der Waals surface area contributed by atoms with Gasteiger partial charge in [0.25, 0.3) is 0 Å². The summed E-state index contributed by atoms with van der Waals surface area (Å²) in [4.78, 5) is 17.5. The van der Waals surface area contributed by atoms with Crippen molar-refractivity contribution in [3.05, 3.63) is 35.9 Å². The second-order valence-electron chi connectivity index (χ2n) is 8.86. The predicted molar refractivity (Wildman–Crippen MR) is 115 cm³/mol. The first-order valence-corrected chi connectivity index (χ1v) is 11.5. The van der Waals surface area contributed by atoms with Crippen molar-refractivity contribution in [2.45, 2.75) is 57.6 Å². The number of benzene rings is 1. The fourth-order valence-corrected chi connectivity index (χ4v) is 4.66. The molecule has 6 nitrogen and oxygen atoms in total. The molecule has 0 bridgehead atoms. The zero-order valence-corrected chi connectivity index (χ0v) is 17.6. The zero-order valence-electron chi connectivity index (χ0n) is 17.6. The van der Waals surface area contributed by atoms with Crippen LogP contribution < -0.4 is 4.90 Å². The van der Waals surface area contributed by atoms with E-state index in [0.717, 1.165) is 68.1 Å². The number of ether oxygens (including phenoxy) is 1. The summed E-state index contributed by atoms with van der Waals surface area (Å²) < 4.78 is 11.8. The van der Waals surface area contributed by atoms with Gasteiger partial charge in [-0.15, -0.1) is 0 Å². The number of piperidine rings is 1. The average Bonchev–Trinajstić information content (AvgIpc) is 3.36. The van der Waals surface area contributed by atoms with Gasteiger partial charge in [0, 0.05) is 37.7 Å². The number of carbonyl (C=O) groups excluding carboxylic acids is 1. The van der Waals surface area contributed by atoms with Crippen molar-refractivity contribution < 1.29 is 14.1 Å². The molecule has 2 aromatic rings. The largest absolute Gasteiger partial charge is 0.376 e. The van der Waals surface area contributed by atoms with E-state index in [9.17, 15) is 4.79 Å². The van der Waals surface area contributed by atoms with Crippen LogP contribution in [0.4, 0.5) is 5.88 Å². The molecule has 1 aliphatic carbocycles. The Hall–Kier alpha value is -2.34. The standard InChI is InChI=1S/C24H31N3O3/c28-23(19-11-12-19)27(16-20-10-7-15-29-20)17-21-22(18-8-3-1-4-9-18)25-30-24(21)26-13-5-2-6-14-26/h1,3-4,8-9,19-20H,2,5-7,10-17H2/t20-/m1/s1. The second kappa shape index (κ2) is 8.80. The van der Waals surface area contributed by atoms with Crippen LogP contribution in [0.25, 0.3) is 11.3 Å². The third kappa shape index (κ3) is 4.24. The Bertz CT molecular complexity index is 850. The molecule has 3 aliphatic rings. The van der Waals surface area contributed by atoms with Gasteiger partial charge in [-0.1, -0.05) is 35.5 Å². The number of carbonyl (C=O) groups is 1. The van der Waals surface area contributed by atoms with Gasteiger partial charge in [-0.05, 0) is 44.9 Å². The fraction of sp³-hybridized carbons (Fsp3) is 0.583. The lowest BCUT2D eigenvalue weighted by Gasteiger charge is -2.29. The molecule has 2 saturated heterocycles. The lowest BCUT2D eigenvalue weighted by atomic mass is 10.0. The Balaban J connectivity index is 1.47. The maximum Gasteiger partial charge on any atom is 0.232 e. The first-order chi connectivity index (χ1) is 14.8. The first-order valence-electron chi connectivity index (χ1n) is 11.5. The molecule has 160 valence electrons. The Labute approximate surface area is 178 Å². The minimum atomic E-state index is 0.145. The van der Waals surface area contributed by atoms with Crippen LogP contribution in [-0.4, -0.2) is 48.3 Å². The summed E-state index contributed by atoms with van der Waals surface area (Å²) in [5.41, 5.74) is 2.93. The molecule has 3 heterocycles. The van der Waals surface area contributed by atoms with E-state index in [1.807, 2.05) is 23.1 Å². The highest BCUT2D eigenvalue weighted by Crippen LogP contribution is 2.36. The van der Waals surface area contributed by atoms with Crippen LogP contribution in [0.15, 0.2) is 34.9 Å². The van der Waals surface area contributed by atoms with Crippen LogP contribution in [0, 0.1) is 5.92 Å². The van der Waals surface area contributed by atoms with Crippen LogP contribution in [0.5, 0.6) is 0 Å². The molecule has 0 radical (unpaired) electrons. The minimum Gasteiger partial charge on any atom is -0.376 e. The highest BCUT2D eigenvalue weighted by Gasteiger charge is 2.36. The quantitative estimate of drug-likeness (QED) is 0.684. The van der Waals surface area contributed by atoms with E-state index in [0.29, 0.717) is 13.1 Å². The van der Waals surface area contributed by atoms with Crippen molar-refractivity contribution in [3.63, 3.8) is 0 Å². The molecule has 1 atom stereocenters. The number of rotatable bonds is 7. The molecule has 6 heteroatoms. The smallest absolute Gasteiger partial charge is 0.232 e. The van der Waals surface area contributed by atoms with E-state index >= 15 is 0 Å². The van der Waals surface area contributed by atoms with Gasteiger partial charge in [0.15, 0.2) is 0 Å². The summed E-state index contributed by atoms with van der Waals surface area (Å²) in [5, 5.41) is 4.48. The van der Waals surface area contributed by atoms with E-state index < -0.39 is 0 Å². The average molecular weight is 410 g/mol. The molecule has 0 unspecified atom stereocenters. The van der Waals surface area contributed by atoms with Crippen molar-refractivity contribution in [1.29, 1.82) is 0 Å². The molecule has 0 N–H and O–H groups in total. The topological polar surface area (TPSA) is 58.8 Å². The molecule has 5 rings (SSSR count). The summed E-state index contributed by atoms with van der Waals surface area (Å²) in [6.45, 7) is 3.97. The summed E-state index contributed by atoms with van der Waals surface area (Å²) in [6, 6.07) is 10.2. The van der Waals surface area contributed by atoms with Crippen molar-refractivity contribution >= 4 is 11.8 Å². The third-order valence-corrected chi connectivity index (χ3v) is 6.49. The highest BCUT2D eigenvalue weighted by molar-refractivity contribution is 5.81. The molecular weight excluding hydrogens is 378 g/mol.